The van der Waals surface area contributed by atoms with Gasteiger partial charge in [-0.1, -0.05) is 55.6 Å². The molecule has 0 aliphatic heterocycles. The van der Waals surface area contributed by atoms with Gasteiger partial charge in [0.05, 0.1) is 10.3 Å². The number of hydrazine groups is 1. The predicted octanol–water partition coefficient (Wildman–Crippen LogP) is 3.17. The molecule has 0 saturated carbocycles. The number of aromatic nitrogens is 2. The van der Waals surface area contributed by atoms with Crippen molar-refractivity contribution >= 4 is 38.3 Å². The third kappa shape index (κ3) is 5.12. The van der Waals surface area contributed by atoms with Crippen LogP contribution in [0.4, 0.5) is 0 Å². The van der Waals surface area contributed by atoms with Gasteiger partial charge in [0.1, 0.15) is 0 Å². The Kier molecular flexibility index (Phi) is 7.09. The number of carbonyl (C=O) groups excluding carboxylic acids is 1. The second-order valence-electron chi connectivity index (χ2n) is 7.10. The minimum atomic E-state index is -4.07. The monoisotopic (exact) mass is 462 g/mol. The zero-order chi connectivity index (χ0) is 22.6. The van der Waals surface area contributed by atoms with E-state index < -0.39 is 15.9 Å². The van der Waals surface area contributed by atoms with E-state index in [0.29, 0.717) is 22.9 Å². The molecule has 8 nitrogen and oxygen atoms in total. The molecule has 3 aromatic rings. The first-order valence-corrected chi connectivity index (χ1v) is 11.7. The molecule has 10 heteroatoms. The number of rotatable bonds is 8. The van der Waals surface area contributed by atoms with E-state index >= 15 is 0 Å². The number of fused-ring (bicyclic) bond motifs is 1. The molecule has 164 valence electrons. The molecular formula is C21H23ClN4O4S. The smallest absolute Gasteiger partial charge is 0.272 e. The summed E-state index contributed by atoms with van der Waals surface area (Å²) in [4.78, 5) is 27.6. The number of amides is 1. The van der Waals surface area contributed by atoms with Crippen LogP contribution < -0.4 is 15.8 Å². The standard InChI is InChI=1S/C21H23ClN4O4S/c1-3-4-7-12-26-21(28)17-9-6-5-8-16(17)19(24-26)20(27)23-25-31(29,30)18-13-15(22)11-10-14(18)2/h5-6,8-11,13,25H,3-4,7,12H2,1-2H3,(H,23,27). The molecule has 0 atom stereocenters. The summed E-state index contributed by atoms with van der Waals surface area (Å²) in [6.07, 6.45) is 2.63. The molecule has 0 fully saturated rings. The molecule has 3 rings (SSSR count). The summed E-state index contributed by atoms with van der Waals surface area (Å²) in [6.45, 7) is 4.03. The van der Waals surface area contributed by atoms with Crippen molar-refractivity contribution in [2.24, 2.45) is 0 Å². The Hall–Kier alpha value is -2.75. The van der Waals surface area contributed by atoms with Crippen molar-refractivity contribution in [3.63, 3.8) is 0 Å². The first-order chi connectivity index (χ1) is 14.7. The molecule has 0 saturated heterocycles. The molecule has 0 aliphatic carbocycles. The van der Waals surface area contributed by atoms with E-state index in [9.17, 15) is 18.0 Å². The third-order valence-corrected chi connectivity index (χ3v) is 6.42. The third-order valence-electron chi connectivity index (χ3n) is 4.79. The van der Waals surface area contributed by atoms with Crippen molar-refractivity contribution in [1.82, 2.24) is 20.0 Å². The van der Waals surface area contributed by atoms with Crippen molar-refractivity contribution in [3.05, 3.63) is 69.1 Å². The zero-order valence-corrected chi connectivity index (χ0v) is 18.8. The molecule has 0 spiro atoms. The first-order valence-electron chi connectivity index (χ1n) is 9.82. The fraction of sp³-hybridized carbons (Fsp3) is 0.286. The summed E-state index contributed by atoms with van der Waals surface area (Å²) in [5.41, 5.74) is 2.33. The molecule has 0 unspecified atom stereocenters. The van der Waals surface area contributed by atoms with Gasteiger partial charge >= 0.3 is 0 Å². The number of hydrogen-bond acceptors (Lipinski definition) is 5. The molecule has 0 radical (unpaired) electrons. The Morgan fingerprint density at radius 1 is 1.13 bits per heavy atom. The fourth-order valence-electron chi connectivity index (χ4n) is 3.16. The number of carbonyl (C=O) groups is 1. The average Bonchev–Trinajstić information content (AvgIpc) is 2.75. The lowest BCUT2D eigenvalue weighted by Crippen LogP contribution is -2.43. The molecule has 0 aliphatic rings. The van der Waals surface area contributed by atoms with Gasteiger partial charge in [-0.15, -0.1) is 4.83 Å². The normalized spacial score (nSPS) is 11.6. The van der Waals surface area contributed by atoms with Crippen LogP contribution in [-0.2, 0) is 16.6 Å². The summed E-state index contributed by atoms with van der Waals surface area (Å²) >= 11 is 5.91. The van der Waals surface area contributed by atoms with Gasteiger partial charge in [-0.2, -0.15) is 5.10 Å². The van der Waals surface area contributed by atoms with Gasteiger partial charge < -0.3 is 0 Å². The lowest BCUT2D eigenvalue weighted by molar-refractivity contribution is 0.0939. The molecule has 1 amide bonds. The Morgan fingerprint density at radius 3 is 2.55 bits per heavy atom. The van der Waals surface area contributed by atoms with Crippen LogP contribution in [-0.4, -0.2) is 24.1 Å². The number of unbranched alkanes of at least 4 members (excludes halogenated alkanes) is 2. The maximum Gasteiger partial charge on any atom is 0.287 e. The second kappa shape index (κ2) is 9.59. The highest BCUT2D eigenvalue weighted by Crippen LogP contribution is 2.20. The van der Waals surface area contributed by atoms with Crippen LogP contribution in [0.1, 0.15) is 42.2 Å². The van der Waals surface area contributed by atoms with Crippen LogP contribution in [0.2, 0.25) is 5.02 Å². The highest BCUT2D eigenvalue weighted by Gasteiger charge is 2.21. The van der Waals surface area contributed by atoms with Gasteiger partial charge in [0.15, 0.2) is 5.69 Å². The number of nitrogens with one attached hydrogen (secondary N) is 2. The van der Waals surface area contributed by atoms with Gasteiger partial charge in [0, 0.05) is 17.0 Å². The van der Waals surface area contributed by atoms with Gasteiger partial charge in [0.25, 0.3) is 21.5 Å². The number of halogens is 1. The van der Waals surface area contributed by atoms with E-state index in [1.54, 1.807) is 43.3 Å². The largest absolute Gasteiger partial charge is 0.287 e. The van der Waals surface area contributed by atoms with Crippen LogP contribution in [0.5, 0.6) is 0 Å². The zero-order valence-electron chi connectivity index (χ0n) is 17.2. The average molecular weight is 463 g/mol. The maximum atomic E-state index is 12.8. The number of benzene rings is 2. The van der Waals surface area contributed by atoms with Gasteiger partial charge in [0.2, 0.25) is 0 Å². The minimum absolute atomic E-state index is 0.0442. The number of sulfonamides is 1. The number of hydrogen-bond donors (Lipinski definition) is 2. The highest BCUT2D eigenvalue weighted by atomic mass is 35.5. The molecule has 1 heterocycles. The molecular weight excluding hydrogens is 440 g/mol. The van der Waals surface area contributed by atoms with E-state index in [1.807, 2.05) is 6.92 Å². The quantitative estimate of drug-likeness (QED) is 0.394. The van der Waals surface area contributed by atoms with E-state index in [-0.39, 0.29) is 21.2 Å². The van der Waals surface area contributed by atoms with Crippen LogP contribution in [0.15, 0.2) is 52.2 Å². The Morgan fingerprint density at radius 2 is 1.84 bits per heavy atom. The van der Waals surface area contributed by atoms with Crippen molar-refractivity contribution < 1.29 is 13.2 Å². The number of aryl methyl sites for hydroxylation is 2. The lowest BCUT2D eigenvalue weighted by atomic mass is 10.1. The minimum Gasteiger partial charge on any atom is -0.272 e. The molecule has 0 bridgehead atoms. The predicted molar refractivity (Wildman–Crippen MR) is 120 cm³/mol. The Balaban J connectivity index is 1.92. The second-order valence-corrected chi connectivity index (χ2v) is 9.19. The van der Waals surface area contributed by atoms with E-state index in [2.05, 4.69) is 15.4 Å². The van der Waals surface area contributed by atoms with Crippen LogP contribution in [0.3, 0.4) is 0 Å². The topological polar surface area (TPSA) is 110 Å². The van der Waals surface area contributed by atoms with Gasteiger partial charge in [-0.05, 0) is 37.1 Å². The molecule has 1 aromatic heterocycles. The Bertz CT molecular complexity index is 1290. The summed E-state index contributed by atoms with van der Waals surface area (Å²) in [6, 6.07) is 11.0. The Labute approximate surface area is 185 Å². The van der Waals surface area contributed by atoms with Crippen LogP contribution in [0, 0.1) is 6.92 Å². The van der Waals surface area contributed by atoms with Crippen molar-refractivity contribution in [2.75, 3.05) is 0 Å². The summed E-state index contributed by atoms with van der Waals surface area (Å²) in [5, 5.41) is 5.15. The van der Waals surface area contributed by atoms with E-state index in [0.717, 1.165) is 19.3 Å². The van der Waals surface area contributed by atoms with Crippen molar-refractivity contribution in [2.45, 2.75) is 44.6 Å². The van der Waals surface area contributed by atoms with Crippen LogP contribution in [0.25, 0.3) is 10.8 Å². The molecule has 2 aromatic carbocycles. The SMILES string of the molecule is CCCCCn1nc(C(=O)NNS(=O)(=O)c2cc(Cl)ccc2C)c2ccccc2c1=O. The van der Waals surface area contributed by atoms with E-state index in [1.165, 1.54) is 10.7 Å². The van der Waals surface area contributed by atoms with Gasteiger partial charge in [-0.25, -0.2) is 13.1 Å². The molecule has 31 heavy (non-hydrogen) atoms. The fourth-order valence-corrected chi connectivity index (χ4v) is 4.50. The summed E-state index contributed by atoms with van der Waals surface area (Å²) in [5.74, 6) is -0.774. The van der Waals surface area contributed by atoms with E-state index in [4.69, 9.17) is 11.6 Å². The highest BCUT2D eigenvalue weighted by molar-refractivity contribution is 7.89. The lowest BCUT2D eigenvalue weighted by Gasteiger charge is -2.13. The molecule has 2 N–H and O–H groups in total. The summed E-state index contributed by atoms with van der Waals surface area (Å²) < 4.78 is 26.5. The van der Waals surface area contributed by atoms with Gasteiger partial charge in [-0.3, -0.25) is 15.0 Å². The van der Waals surface area contributed by atoms with Crippen LogP contribution >= 0.6 is 11.6 Å². The summed E-state index contributed by atoms with van der Waals surface area (Å²) in [7, 11) is -4.07. The number of nitrogens with zero attached hydrogens (tertiary/aromatic N) is 2. The maximum absolute atomic E-state index is 12.8. The van der Waals surface area contributed by atoms with Crippen molar-refractivity contribution in [1.29, 1.82) is 0 Å². The first kappa shape index (κ1) is 22.9. The van der Waals surface area contributed by atoms with Crippen molar-refractivity contribution in [3.8, 4) is 0 Å².